The maximum Gasteiger partial charge on any atom is 0.244 e. The Kier molecular flexibility index (Phi) is 5.89. The van der Waals surface area contributed by atoms with Crippen molar-refractivity contribution in [2.24, 2.45) is 0 Å². The highest BCUT2D eigenvalue weighted by Gasteiger charge is 2.28. The monoisotopic (exact) mass is 320 g/mol. The van der Waals surface area contributed by atoms with Crippen molar-refractivity contribution in [1.82, 2.24) is 5.32 Å². The van der Waals surface area contributed by atoms with Gasteiger partial charge < -0.3 is 5.32 Å². The molecule has 0 heterocycles. The average Bonchev–Trinajstić information content (AvgIpc) is 2.44. The first-order valence-corrected chi connectivity index (χ1v) is 8.49. The molecule has 1 amide bonds. The summed E-state index contributed by atoms with van der Waals surface area (Å²) in [5.41, 5.74) is 1.25. The van der Waals surface area contributed by atoms with E-state index < -0.39 is 14.6 Å². The summed E-state index contributed by atoms with van der Waals surface area (Å²) in [6, 6.07) is 8.86. The number of hydrogen-bond acceptors (Lipinski definition) is 4. The predicted octanol–water partition coefficient (Wildman–Crippen LogP) is 1.90. The normalized spacial score (nSPS) is 12.1. The maximum absolute atomic E-state index is 11.9. The number of amides is 1. The van der Waals surface area contributed by atoms with Gasteiger partial charge in [0, 0.05) is 12.6 Å². The minimum Gasteiger partial charge on any atom is -0.352 e. The summed E-state index contributed by atoms with van der Waals surface area (Å²) in [6.07, 6.45) is 2.90. The highest BCUT2D eigenvalue weighted by Crippen LogP contribution is 2.15. The average molecular weight is 320 g/mol. The third-order valence-corrected chi connectivity index (χ3v) is 5.65. The summed E-state index contributed by atoms with van der Waals surface area (Å²) < 4.78 is 22.9. The highest BCUT2D eigenvalue weighted by atomic mass is 32.2. The Hall–Kier alpha value is -2.13. The largest absolute Gasteiger partial charge is 0.352 e. The van der Waals surface area contributed by atoms with Crippen LogP contribution in [0.5, 0.6) is 0 Å². The zero-order valence-corrected chi connectivity index (χ0v) is 13.8. The fourth-order valence-electron chi connectivity index (χ4n) is 1.56. The van der Waals surface area contributed by atoms with Crippen LogP contribution in [0.15, 0.2) is 30.3 Å². The van der Waals surface area contributed by atoms with E-state index in [9.17, 15) is 13.2 Å². The number of carbonyl (C=O) groups excluding carboxylic acids is 1. The maximum atomic E-state index is 11.9. The molecule has 0 saturated carbocycles. The molecule has 1 aromatic rings. The van der Waals surface area contributed by atoms with Gasteiger partial charge in [0.15, 0.2) is 9.84 Å². The summed E-state index contributed by atoms with van der Waals surface area (Å²) in [6.45, 7) is 4.96. The van der Waals surface area contributed by atoms with E-state index in [1.807, 2.05) is 6.07 Å². The molecule has 0 unspecified atom stereocenters. The van der Waals surface area contributed by atoms with Crippen LogP contribution < -0.4 is 5.32 Å². The molecule has 5 nitrogen and oxygen atoms in total. The fourth-order valence-corrected chi connectivity index (χ4v) is 2.54. The fraction of sp³-hybridized carbons (Fsp3) is 0.375. The number of hydrogen-bond donors (Lipinski definition) is 1. The van der Waals surface area contributed by atoms with E-state index in [1.54, 1.807) is 51.1 Å². The van der Waals surface area contributed by atoms with Crippen molar-refractivity contribution in [3.05, 3.63) is 41.5 Å². The Labute approximate surface area is 131 Å². The first-order valence-electron chi connectivity index (χ1n) is 6.84. The van der Waals surface area contributed by atoms with Crippen molar-refractivity contribution in [1.29, 1.82) is 5.26 Å². The van der Waals surface area contributed by atoms with Crippen LogP contribution in [-0.2, 0) is 14.6 Å². The number of rotatable bonds is 5. The van der Waals surface area contributed by atoms with Gasteiger partial charge >= 0.3 is 0 Å². The lowest BCUT2D eigenvalue weighted by atomic mass is 10.1. The zero-order chi connectivity index (χ0) is 16.8. The lowest BCUT2D eigenvalue weighted by Crippen LogP contribution is -2.36. The molecule has 0 aromatic heterocycles. The Morgan fingerprint density at radius 2 is 2.05 bits per heavy atom. The summed E-state index contributed by atoms with van der Waals surface area (Å²) in [4.78, 5) is 11.6. The lowest BCUT2D eigenvalue weighted by molar-refractivity contribution is -0.116. The molecule has 0 aliphatic carbocycles. The molecule has 0 bridgehead atoms. The third-order valence-electron chi connectivity index (χ3n) is 3.05. The smallest absolute Gasteiger partial charge is 0.244 e. The minimum absolute atomic E-state index is 0.0704. The number of carbonyl (C=O) groups is 1. The molecule has 6 heteroatoms. The number of sulfone groups is 1. The topological polar surface area (TPSA) is 87.0 Å². The van der Waals surface area contributed by atoms with Crippen LogP contribution in [0.25, 0.3) is 6.08 Å². The van der Waals surface area contributed by atoms with E-state index in [0.717, 1.165) is 5.56 Å². The minimum atomic E-state index is -3.24. The number of nitrogens with one attached hydrogen (secondary N) is 1. The van der Waals surface area contributed by atoms with Crippen molar-refractivity contribution < 1.29 is 13.2 Å². The third kappa shape index (κ3) is 5.34. The summed E-state index contributed by atoms with van der Waals surface area (Å²) in [5, 5.41) is 11.3. The van der Waals surface area contributed by atoms with Crippen LogP contribution >= 0.6 is 0 Å². The van der Waals surface area contributed by atoms with Crippen LogP contribution in [0.4, 0.5) is 0 Å². The molecule has 1 N–H and O–H groups in total. The Balaban J connectivity index is 2.54. The second-order valence-corrected chi connectivity index (χ2v) is 8.66. The molecule has 0 spiro atoms. The van der Waals surface area contributed by atoms with Gasteiger partial charge in [0.1, 0.15) is 0 Å². The molecule has 118 valence electrons. The molecule has 0 fully saturated rings. The van der Waals surface area contributed by atoms with E-state index in [2.05, 4.69) is 5.32 Å². The lowest BCUT2D eigenvalue weighted by Gasteiger charge is -2.18. The van der Waals surface area contributed by atoms with E-state index >= 15 is 0 Å². The molecule has 0 aliphatic heterocycles. The Bertz CT molecular complexity index is 708. The van der Waals surface area contributed by atoms with Crippen molar-refractivity contribution in [2.75, 3.05) is 12.3 Å². The van der Waals surface area contributed by atoms with Crippen LogP contribution in [-0.4, -0.2) is 31.4 Å². The van der Waals surface area contributed by atoms with Crippen LogP contribution in [0.2, 0.25) is 0 Å². The van der Waals surface area contributed by atoms with Gasteiger partial charge in [0.05, 0.1) is 22.1 Å². The molecule has 0 saturated heterocycles. The first-order chi connectivity index (χ1) is 10.2. The summed E-state index contributed by atoms with van der Waals surface area (Å²) >= 11 is 0. The molecular weight excluding hydrogens is 300 g/mol. The first kappa shape index (κ1) is 17.9. The van der Waals surface area contributed by atoms with Gasteiger partial charge in [-0.1, -0.05) is 12.1 Å². The van der Waals surface area contributed by atoms with Gasteiger partial charge in [-0.15, -0.1) is 0 Å². The van der Waals surface area contributed by atoms with Crippen molar-refractivity contribution >= 4 is 21.8 Å². The van der Waals surface area contributed by atoms with Crippen molar-refractivity contribution in [2.45, 2.75) is 25.5 Å². The van der Waals surface area contributed by atoms with Gasteiger partial charge in [-0.2, -0.15) is 5.26 Å². The van der Waals surface area contributed by atoms with E-state index in [1.165, 1.54) is 6.08 Å². The Morgan fingerprint density at radius 1 is 1.36 bits per heavy atom. The van der Waals surface area contributed by atoms with E-state index in [4.69, 9.17) is 5.26 Å². The van der Waals surface area contributed by atoms with Crippen LogP contribution in [0, 0.1) is 11.3 Å². The SMILES string of the molecule is CC(C)(C)S(=O)(=O)CCNC(=O)/C=C\c1cccc(C#N)c1. The second kappa shape index (κ2) is 7.23. The quantitative estimate of drug-likeness (QED) is 0.839. The molecule has 0 atom stereocenters. The molecule has 22 heavy (non-hydrogen) atoms. The van der Waals surface area contributed by atoms with Crippen molar-refractivity contribution in [3.8, 4) is 6.07 Å². The Morgan fingerprint density at radius 3 is 2.64 bits per heavy atom. The predicted molar refractivity (Wildman–Crippen MR) is 86.7 cm³/mol. The van der Waals surface area contributed by atoms with E-state index in [-0.39, 0.29) is 18.2 Å². The van der Waals surface area contributed by atoms with Gasteiger partial charge in [0.2, 0.25) is 5.91 Å². The number of nitrogens with zero attached hydrogens (tertiary/aromatic N) is 1. The van der Waals surface area contributed by atoms with Gasteiger partial charge in [-0.25, -0.2) is 8.42 Å². The molecule has 1 rings (SSSR count). The van der Waals surface area contributed by atoms with Crippen molar-refractivity contribution in [3.63, 3.8) is 0 Å². The molecule has 0 radical (unpaired) electrons. The van der Waals surface area contributed by atoms with Gasteiger partial charge in [-0.05, 0) is 44.5 Å². The van der Waals surface area contributed by atoms with Gasteiger partial charge in [0.25, 0.3) is 0 Å². The second-order valence-electron chi connectivity index (χ2n) is 5.79. The number of benzene rings is 1. The standard InChI is InChI=1S/C16H20N2O3S/c1-16(2,3)22(20,21)10-9-18-15(19)8-7-13-5-4-6-14(11-13)12-17/h4-8,11H,9-10H2,1-3H3,(H,18,19)/b8-7-. The summed E-state index contributed by atoms with van der Waals surface area (Å²) in [7, 11) is -3.24. The molecular formula is C16H20N2O3S. The molecule has 0 aliphatic rings. The molecule has 1 aromatic carbocycles. The van der Waals surface area contributed by atoms with E-state index in [0.29, 0.717) is 5.56 Å². The summed E-state index contributed by atoms with van der Waals surface area (Å²) in [5.74, 6) is -0.466. The van der Waals surface area contributed by atoms with Crippen LogP contribution in [0.1, 0.15) is 31.9 Å². The van der Waals surface area contributed by atoms with Gasteiger partial charge in [-0.3, -0.25) is 4.79 Å². The van der Waals surface area contributed by atoms with Crippen LogP contribution in [0.3, 0.4) is 0 Å². The zero-order valence-electron chi connectivity index (χ0n) is 13.0. The number of nitriles is 1. The highest BCUT2D eigenvalue weighted by molar-refractivity contribution is 7.92.